The highest BCUT2D eigenvalue weighted by atomic mass is 79.9. The van der Waals surface area contributed by atoms with Gasteiger partial charge < -0.3 is 14.2 Å². The van der Waals surface area contributed by atoms with E-state index in [2.05, 4.69) is 22.0 Å². The normalized spacial score (nSPS) is 10.1. The number of hydrogen-bond donors (Lipinski definition) is 0. The van der Waals surface area contributed by atoms with Crippen LogP contribution in [0.4, 0.5) is 0 Å². The van der Waals surface area contributed by atoms with E-state index in [9.17, 15) is 0 Å². The van der Waals surface area contributed by atoms with Crippen molar-refractivity contribution in [1.82, 2.24) is 0 Å². The summed E-state index contributed by atoms with van der Waals surface area (Å²) in [5.74, 6) is 1.16. The van der Waals surface area contributed by atoms with Gasteiger partial charge in [-0.05, 0) is 45.8 Å². The number of nitriles is 1. The van der Waals surface area contributed by atoms with Crippen molar-refractivity contribution >= 4 is 15.9 Å². The maximum absolute atomic E-state index is 9.09. The topological polar surface area (TPSA) is 51.5 Å². The number of ether oxygens (including phenoxy) is 3. The highest BCUT2D eigenvalue weighted by Crippen LogP contribution is 2.32. The molecule has 0 unspecified atom stereocenters. The minimum atomic E-state index is 0.240. The Morgan fingerprint density at radius 3 is 2.71 bits per heavy atom. The molecule has 2 aromatic carbocycles. The molecule has 0 aliphatic carbocycles. The Bertz CT molecular complexity index is 652. The van der Waals surface area contributed by atoms with Crippen LogP contribution in [0.2, 0.25) is 0 Å². The van der Waals surface area contributed by atoms with Gasteiger partial charge in [-0.2, -0.15) is 5.26 Å². The van der Waals surface area contributed by atoms with Crippen molar-refractivity contribution in [2.75, 3.05) is 13.9 Å². The van der Waals surface area contributed by atoms with Gasteiger partial charge in [-0.1, -0.05) is 18.2 Å². The third-order valence-electron chi connectivity index (χ3n) is 2.69. The molecule has 2 rings (SSSR count). The van der Waals surface area contributed by atoms with E-state index in [1.807, 2.05) is 24.3 Å². The molecule has 0 saturated carbocycles. The average molecular weight is 348 g/mol. The minimum absolute atomic E-state index is 0.240. The second-order valence-corrected chi connectivity index (χ2v) is 5.08. The van der Waals surface area contributed by atoms with Crippen molar-refractivity contribution in [3.63, 3.8) is 0 Å². The number of methoxy groups -OCH3 is 1. The van der Waals surface area contributed by atoms with E-state index in [4.69, 9.17) is 19.5 Å². The lowest BCUT2D eigenvalue weighted by atomic mass is 10.2. The molecule has 0 saturated heterocycles. The molecule has 0 spiro atoms. The van der Waals surface area contributed by atoms with Gasteiger partial charge in [-0.15, -0.1) is 0 Å². The SMILES string of the molecule is COCOCc1ccc(Br)c(Oc2ccccc2C#N)c1. The summed E-state index contributed by atoms with van der Waals surface area (Å²) in [6.45, 7) is 0.668. The minimum Gasteiger partial charge on any atom is -0.455 e. The fourth-order valence-corrected chi connectivity index (χ4v) is 2.05. The highest BCUT2D eigenvalue weighted by molar-refractivity contribution is 9.10. The number of rotatable bonds is 6. The highest BCUT2D eigenvalue weighted by Gasteiger charge is 2.08. The smallest absolute Gasteiger partial charge is 0.146 e. The third-order valence-corrected chi connectivity index (χ3v) is 3.35. The second kappa shape index (κ2) is 7.79. The monoisotopic (exact) mass is 347 g/mol. The van der Waals surface area contributed by atoms with Crippen molar-refractivity contribution in [2.24, 2.45) is 0 Å². The van der Waals surface area contributed by atoms with Crippen molar-refractivity contribution in [3.8, 4) is 17.6 Å². The second-order valence-electron chi connectivity index (χ2n) is 4.23. The van der Waals surface area contributed by atoms with Crippen LogP contribution >= 0.6 is 15.9 Å². The van der Waals surface area contributed by atoms with Gasteiger partial charge in [-0.3, -0.25) is 0 Å². The van der Waals surface area contributed by atoms with Crippen LogP contribution in [-0.2, 0) is 16.1 Å². The molecule has 0 heterocycles. The van der Waals surface area contributed by atoms with E-state index in [-0.39, 0.29) is 6.79 Å². The zero-order valence-electron chi connectivity index (χ0n) is 11.5. The number of benzene rings is 2. The summed E-state index contributed by atoms with van der Waals surface area (Å²) >= 11 is 3.44. The molecule has 21 heavy (non-hydrogen) atoms. The molecule has 2 aromatic rings. The Kier molecular flexibility index (Phi) is 5.76. The van der Waals surface area contributed by atoms with Gasteiger partial charge in [0.05, 0.1) is 16.6 Å². The largest absolute Gasteiger partial charge is 0.455 e. The molecular weight excluding hydrogens is 334 g/mol. The van der Waals surface area contributed by atoms with Gasteiger partial charge in [0.2, 0.25) is 0 Å². The molecule has 0 amide bonds. The van der Waals surface area contributed by atoms with Crippen LogP contribution in [0.15, 0.2) is 46.9 Å². The van der Waals surface area contributed by atoms with Gasteiger partial charge in [-0.25, -0.2) is 0 Å². The Morgan fingerprint density at radius 1 is 1.14 bits per heavy atom. The van der Waals surface area contributed by atoms with Crippen LogP contribution in [0.3, 0.4) is 0 Å². The van der Waals surface area contributed by atoms with Crippen molar-refractivity contribution in [1.29, 1.82) is 5.26 Å². The quantitative estimate of drug-likeness (QED) is 0.579. The fourth-order valence-electron chi connectivity index (χ4n) is 1.73. The van der Waals surface area contributed by atoms with Gasteiger partial charge in [0.25, 0.3) is 0 Å². The molecule has 0 aromatic heterocycles. The van der Waals surface area contributed by atoms with Crippen LogP contribution in [0.1, 0.15) is 11.1 Å². The third kappa shape index (κ3) is 4.30. The zero-order chi connectivity index (χ0) is 15.1. The summed E-state index contributed by atoms with van der Waals surface area (Å²) in [6.07, 6.45) is 0. The van der Waals surface area contributed by atoms with Crippen LogP contribution < -0.4 is 4.74 Å². The van der Waals surface area contributed by atoms with Crippen molar-refractivity contribution in [3.05, 3.63) is 58.1 Å². The number of halogens is 1. The molecule has 108 valence electrons. The molecule has 0 N–H and O–H groups in total. The summed E-state index contributed by atoms with van der Waals surface area (Å²) in [7, 11) is 1.58. The van der Waals surface area contributed by atoms with Crippen LogP contribution in [0.25, 0.3) is 0 Å². The number of hydrogen-bond acceptors (Lipinski definition) is 4. The molecule has 4 nitrogen and oxygen atoms in total. The maximum Gasteiger partial charge on any atom is 0.146 e. The van der Waals surface area contributed by atoms with Gasteiger partial charge in [0, 0.05) is 7.11 Å². The van der Waals surface area contributed by atoms with E-state index < -0.39 is 0 Å². The first-order chi connectivity index (χ1) is 10.2. The first-order valence-corrected chi connectivity index (χ1v) is 7.06. The maximum atomic E-state index is 9.09. The predicted octanol–water partition coefficient (Wildman–Crippen LogP) is 4.23. The summed E-state index contributed by atoms with van der Waals surface area (Å²) in [5.41, 5.74) is 1.45. The molecule has 0 radical (unpaired) electrons. The first kappa shape index (κ1) is 15.5. The predicted molar refractivity (Wildman–Crippen MR) is 82.0 cm³/mol. The van der Waals surface area contributed by atoms with Gasteiger partial charge in [0.15, 0.2) is 0 Å². The first-order valence-electron chi connectivity index (χ1n) is 6.26. The summed E-state index contributed by atoms with van der Waals surface area (Å²) in [6, 6.07) is 14.9. The van der Waals surface area contributed by atoms with Crippen molar-refractivity contribution in [2.45, 2.75) is 6.61 Å². The molecule has 0 aliphatic rings. The lowest BCUT2D eigenvalue weighted by molar-refractivity contribution is -0.0391. The van der Waals surface area contributed by atoms with Gasteiger partial charge >= 0.3 is 0 Å². The molecule has 0 fully saturated rings. The van der Waals surface area contributed by atoms with E-state index in [0.717, 1.165) is 10.0 Å². The van der Waals surface area contributed by atoms with E-state index in [1.165, 1.54) is 0 Å². The molecule has 5 heteroatoms. The van der Waals surface area contributed by atoms with E-state index in [0.29, 0.717) is 23.7 Å². The lowest BCUT2D eigenvalue weighted by Gasteiger charge is -2.11. The van der Waals surface area contributed by atoms with E-state index in [1.54, 1.807) is 25.3 Å². The van der Waals surface area contributed by atoms with Crippen LogP contribution in [0.5, 0.6) is 11.5 Å². The standard InChI is InChI=1S/C16H14BrNO3/c1-19-11-20-10-12-6-7-14(17)16(8-12)21-15-5-3-2-4-13(15)9-18/h2-8H,10-11H2,1H3. The molecule has 0 aliphatic heterocycles. The Labute approximate surface area is 132 Å². The molecule has 0 atom stereocenters. The summed E-state index contributed by atoms with van der Waals surface area (Å²) < 4.78 is 16.8. The van der Waals surface area contributed by atoms with Gasteiger partial charge in [0.1, 0.15) is 24.4 Å². The lowest BCUT2D eigenvalue weighted by Crippen LogP contribution is -1.97. The molecular formula is C16H14BrNO3. The Hall–Kier alpha value is -1.87. The van der Waals surface area contributed by atoms with Crippen molar-refractivity contribution < 1.29 is 14.2 Å². The average Bonchev–Trinajstić information content (AvgIpc) is 2.51. The number of para-hydroxylation sites is 1. The van der Waals surface area contributed by atoms with Crippen LogP contribution in [0, 0.1) is 11.3 Å². The molecule has 0 bridgehead atoms. The number of nitrogens with zero attached hydrogens (tertiary/aromatic N) is 1. The van der Waals surface area contributed by atoms with E-state index >= 15 is 0 Å². The Morgan fingerprint density at radius 2 is 1.95 bits per heavy atom. The Balaban J connectivity index is 2.19. The summed E-state index contributed by atoms with van der Waals surface area (Å²) in [5, 5.41) is 9.09. The summed E-state index contributed by atoms with van der Waals surface area (Å²) in [4.78, 5) is 0. The van der Waals surface area contributed by atoms with Crippen LogP contribution in [-0.4, -0.2) is 13.9 Å². The fraction of sp³-hybridized carbons (Fsp3) is 0.188. The zero-order valence-corrected chi connectivity index (χ0v) is 13.1.